The zero-order valence-corrected chi connectivity index (χ0v) is 15.1. The third-order valence-corrected chi connectivity index (χ3v) is 4.52. The third-order valence-electron chi connectivity index (χ3n) is 4.52. The fourth-order valence-electron chi connectivity index (χ4n) is 3.05. The van der Waals surface area contributed by atoms with Gasteiger partial charge in [-0.05, 0) is 31.3 Å². The molecule has 1 aliphatic heterocycles. The van der Waals surface area contributed by atoms with Gasteiger partial charge in [0.1, 0.15) is 0 Å². The first-order valence-electron chi connectivity index (χ1n) is 9.85. The van der Waals surface area contributed by atoms with E-state index in [0.717, 1.165) is 13.0 Å². The lowest BCUT2D eigenvalue weighted by atomic mass is 10.0. The lowest BCUT2D eigenvalue weighted by molar-refractivity contribution is 0.0703. The first-order valence-corrected chi connectivity index (χ1v) is 9.85. The second-order valence-electron chi connectivity index (χ2n) is 6.71. The molecular formula is C21H38O. The first-order chi connectivity index (χ1) is 10.9. The maximum absolute atomic E-state index is 5.88. The van der Waals surface area contributed by atoms with Crippen molar-refractivity contribution in [1.82, 2.24) is 0 Å². The van der Waals surface area contributed by atoms with Crippen molar-refractivity contribution in [2.24, 2.45) is 0 Å². The van der Waals surface area contributed by atoms with Crippen LogP contribution in [0.3, 0.4) is 0 Å². The molecule has 0 fully saturated rings. The largest absolute Gasteiger partial charge is 0.374 e. The van der Waals surface area contributed by atoms with Crippen LogP contribution in [-0.4, -0.2) is 12.7 Å². The van der Waals surface area contributed by atoms with E-state index < -0.39 is 0 Å². The summed E-state index contributed by atoms with van der Waals surface area (Å²) < 4.78 is 5.88. The fourth-order valence-corrected chi connectivity index (χ4v) is 3.05. The molecule has 0 aromatic rings. The van der Waals surface area contributed by atoms with Crippen molar-refractivity contribution in [2.45, 2.75) is 103 Å². The van der Waals surface area contributed by atoms with Gasteiger partial charge in [-0.3, -0.25) is 0 Å². The average molecular weight is 307 g/mol. The summed E-state index contributed by atoms with van der Waals surface area (Å²) in [5, 5.41) is 0. The molecule has 0 amide bonds. The number of hydrogen-bond acceptors (Lipinski definition) is 1. The van der Waals surface area contributed by atoms with Gasteiger partial charge in [0.2, 0.25) is 0 Å². The molecule has 1 heterocycles. The van der Waals surface area contributed by atoms with E-state index in [1.165, 1.54) is 82.6 Å². The van der Waals surface area contributed by atoms with Gasteiger partial charge in [0.25, 0.3) is 0 Å². The molecule has 0 aromatic carbocycles. The minimum atomic E-state index is 0.375. The summed E-state index contributed by atoms with van der Waals surface area (Å²) in [5.74, 6) is 0. The monoisotopic (exact) mass is 306 g/mol. The fraction of sp³-hybridized carbons (Fsp3) is 0.810. The Kier molecular flexibility index (Phi) is 12.5. The standard InChI is InChI=1S/C21H38O/c1-3-5-7-9-10-12-13-15-20-17-18-22-21(19-20)16-14-11-8-6-4-2/h13,15,19,21H,3-12,14,16-18H2,1-2H3/b15-13+. The molecule has 0 aromatic heterocycles. The Bertz CT molecular complexity index is 303. The Labute approximate surface area is 139 Å². The number of hydrogen-bond donors (Lipinski definition) is 0. The van der Waals surface area contributed by atoms with Gasteiger partial charge in [-0.1, -0.05) is 89.9 Å². The number of unbranched alkanes of at least 4 members (excludes halogenated alkanes) is 9. The topological polar surface area (TPSA) is 9.23 Å². The second-order valence-corrected chi connectivity index (χ2v) is 6.71. The van der Waals surface area contributed by atoms with Crippen LogP contribution in [0.4, 0.5) is 0 Å². The molecule has 0 radical (unpaired) electrons. The summed E-state index contributed by atoms with van der Waals surface area (Å²) in [6.45, 7) is 5.46. The van der Waals surface area contributed by atoms with Crippen molar-refractivity contribution in [3.8, 4) is 0 Å². The third kappa shape index (κ3) is 10.2. The zero-order valence-electron chi connectivity index (χ0n) is 15.1. The van der Waals surface area contributed by atoms with E-state index in [-0.39, 0.29) is 0 Å². The molecule has 0 aliphatic carbocycles. The van der Waals surface area contributed by atoms with Gasteiger partial charge < -0.3 is 4.74 Å². The highest BCUT2D eigenvalue weighted by molar-refractivity contribution is 5.21. The van der Waals surface area contributed by atoms with Crippen LogP contribution < -0.4 is 0 Å². The lowest BCUT2D eigenvalue weighted by Gasteiger charge is -2.20. The van der Waals surface area contributed by atoms with Crippen molar-refractivity contribution in [3.05, 3.63) is 23.8 Å². The summed E-state index contributed by atoms with van der Waals surface area (Å²) >= 11 is 0. The van der Waals surface area contributed by atoms with Crippen LogP contribution in [0.25, 0.3) is 0 Å². The van der Waals surface area contributed by atoms with Crippen LogP contribution in [0.2, 0.25) is 0 Å². The zero-order chi connectivity index (χ0) is 15.9. The minimum absolute atomic E-state index is 0.375. The minimum Gasteiger partial charge on any atom is -0.374 e. The molecule has 1 nitrogen and oxygen atoms in total. The summed E-state index contributed by atoms with van der Waals surface area (Å²) in [7, 11) is 0. The molecule has 1 heteroatoms. The van der Waals surface area contributed by atoms with E-state index >= 15 is 0 Å². The molecule has 0 bridgehead atoms. The van der Waals surface area contributed by atoms with E-state index in [1.54, 1.807) is 0 Å². The smallest absolute Gasteiger partial charge is 0.0761 e. The molecule has 1 atom stereocenters. The van der Waals surface area contributed by atoms with Crippen molar-refractivity contribution >= 4 is 0 Å². The Hall–Kier alpha value is -0.560. The second kappa shape index (κ2) is 14.1. The van der Waals surface area contributed by atoms with Crippen molar-refractivity contribution < 1.29 is 4.74 Å². The molecule has 22 heavy (non-hydrogen) atoms. The van der Waals surface area contributed by atoms with E-state index in [0.29, 0.717) is 6.10 Å². The summed E-state index contributed by atoms with van der Waals surface area (Å²) in [6.07, 6.45) is 24.7. The van der Waals surface area contributed by atoms with Crippen LogP contribution in [0.15, 0.2) is 23.8 Å². The van der Waals surface area contributed by atoms with E-state index in [2.05, 4.69) is 32.1 Å². The maximum Gasteiger partial charge on any atom is 0.0761 e. The van der Waals surface area contributed by atoms with Crippen molar-refractivity contribution in [2.75, 3.05) is 6.61 Å². The van der Waals surface area contributed by atoms with Crippen LogP contribution in [-0.2, 0) is 4.74 Å². The molecule has 128 valence electrons. The molecule has 1 rings (SSSR count). The molecule has 0 spiro atoms. The highest BCUT2D eigenvalue weighted by Gasteiger charge is 2.11. The predicted octanol–water partition coefficient (Wildman–Crippen LogP) is 6.98. The van der Waals surface area contributed by atoms with E-state index in [4.69, 9.17) is 4.74 Å². The highest BCUT2D eigenvalue weighted by atomic mass is 16.5. The van der Waals surface area contributed by atoms with E-state index in [1.807, 2.05) is 0 Å². The highest BCUT2D eigenvalue weighted by Crippen LogP contribution is 2.19. The van der Waals surface area contributed by atoms with Gasteiger partial charge in [0.05, 0.1) is 12.7 Å². The van der Waals surface area contributed by atoms with Crippen molar-refractivity contribution in [1.29, 1.82) is 0 Å². The van der Waals surface area contributed by atoms with Crippen LogP contribution >= 0.6 is 0 Å². The van der Waals surface area contributed by atoms with Gasteiger partial charge in [0, 0.05) is 0 Å². The summed E-state index contributed by atoms with van der Waals surface area (Å²) in [4.78, 5) is 0. The first kappa shape index (κ1) is 19.5. The number of rotatable bonds is 13. The van der Waals surface area contributed by atoms with Gasteiger partial charge in [0.15, 0.2) is 0 Å². The molecule has 1 unspecified atom stereocenters. The summed E-state index contributed by atoms with van der Waals surface area (Å²) in [5.41, 5.74) is 1.50. The average Bonchev–Trinajstić information content (AvgIpc) is 2.54. The van der Waals surface area contributed by atoms with Crippen LogP contribution in [0.1, 0.15) is 97.3 Å². The number of ether oxygens (including phenoxy) is 1. The maximum atomic E-state index is 5.88. The summed E-state index contributed by atoms with van der Waals surface area (Å²) in [6, 6.07) is 0. The quantitative estimate of drug-likeness (QED) is 0.333. The molecule has 0 saturated carbocycles. The van der Waals surface area contributed by atoms with Crippen molar-refractivity contribution in [3.63, 3.8) is 0 Å². The van der Waals surface area contributed by atoms with Gasteiger partial charge in [-0.15, -0.1) is 0 Å². The molecule has 0 N–H and O–H groups in total. The molecule has 0 saturated heterocycles. The van der Waals surface area contributed by atoms with Crippen LogP contribution in [0.5, 0.6) is 0 Å². The Morgan fingerprint density at radius 1 is 0.955 bits per heavy atom. The van der Waals surface area contributed by atoms with E-state index in [9.17, 15) is 0 Å². The SMILES string of the molecule is CCCCCCC/C=C/C1=CC(CCCCCCC)OCC1. The Morgan fingerprint density at radius 3 is 2.36 bits per heavy atom. The van der Waals surface area contributed by atoms with Gasteiger partial charge in [-0.2, -0.15) is 0 Å². The molecular weight excluding hydrogens is 268 g/mol. The van der Waals surface area contributed by atoms with Crippen LogP contribution in [0, 0.1) is 0 Å². The predicted molar refractivity (Wildman–Crippen MR) is 98.3 cm³/mol. The Morgan fingerprint density at radius 2 is 1.64 bits per heavy atom. The van der Waals surface area contributed by atoms with Gasteiger partial charge >= 0.3 is 0 Å². The normalized spacial score (nSPS) is 18.8. The molecule has 1 aliphatic rings. The lowest BCUT2D eigenvalue weighted by Crippen LogP contribution is -2.16. The van der Waals surface area contributed by atoms with Gasteiger partial charge in [-0.25, -0.2) is 0 Å². The Balaban J connectivity index is 2.13. The number of allylic oxidation sites excluding steroid dienone is 2.